The normalized spacial score (nSPS) is 17.8. The van der Waals surface area contributed by atoms with Crippen LogP contribution in [-0.2, 0) is 4.79 Å². The first-order chi connectivity index (χ1) is 14.9. The Morgan fingerprint density at radius 3 is 2.45 bits per heavy atom. The Morgan fingerprint density at radius 1 is 1.06 bits per heavy atom. The summed E-state index contributed by atoms with van der Waals surface area (Å²) in [5.41, 5.74) is 3.87. The maximum atomic E-state index is 13.6. The number of carbonyl (C=O) groups is 2. The standard InChI is InChI=1S/C25H23BrN2O3/c1-15-14-17(26)10-13-21(15)27-24(29)22-19-6-4-5-7-20(19)25(30)28(2)23(22)16-8-11-18(31-3)12-9-16/h4-14,22-23H,1-3H3,(H,27,29)/t22-,23+/m0/s1. The fourth-order valence-corrected chi connectivity index (χ4v) is 4.63. The highest BCUT2D eigenvalue weighted by atomic mass is 79.9. The van der Waals surface area contributed by atoms with Crippen LogP contribution in [-0.4, -0.2) is 30.9 Å². The average Bonchev–Trinajstić information content (AvgIpc) is 2.78. The summed E-state index contributed by atoms with van der Waals surface area (Å²) in [6.45, 7) is 1.95. The Hall–Kier alpha value is -3.12. The van der Waals surface area contributed by atoms with E-state index in [0.29, 0.717) is 5.56 Å². The molecule has 0 saturated carbocycles. The molecule has 2 amide bonds. The molecular weight excluding hydrogens is 456 g/mol. The Bertz CT molecular complexity index is 1140. The van der Waals surface area contributed by atoms with Crippen LogP contribution in [0.15, 0.2) is 71.2 Å². The van der Waals surface area contributed by atoms with Crippen LogP contribution in [0, 0.1) is 6.92 Å². The van der Waals surface area contributed by atoms with Crippen LogP contribution in [0.5, 0.6) is 5.75 Å². The molecule has 0 unspecified atom stereocenters. The lowest BCUT2D eigenvalue weighted by molar-refractivity contribution is -0.119. The van der Waals surface area contributed by atoms with Gasteiger partial charge in [0.2, 0.25) is 5.91 Å². The minimum atomic E-state index is -0.560. The number of hydrogen-bond acceptors (Lipinski definition) is 3. The predicted octanol–water partition coefficient (Wildman–Crippen LogP) is 5.32. The van der Waals surface area contributed by atoms with Crippen molar-refractivity contribution in [1.29, 1.82) is 0 Å². The number of carbonyl (C=O) groups excluding carboxylic acids is 2. The maximum absolute atomic E-state index is 13.6. The number of benzene rings is 3. The first-order valence-corrected chi connectivity index (χ1v) is 10.8. The lowest BCUT2D eigenvalue weighted by Gasteiger charge is -2.39. The van der Waals surface area contributed by atoms with Gasteiger partial charge in [0.05, 0.1) is 19.1 Å². The lowest BCUT2D eigenvalue weighted by atomic mass is 9.79. The molecule has 6 heteroatoms. The average molecular weight is 479 g/mol. The van der Waals surface area contributed by atoms with Crippen molar-refractivity contribution in [2.75, 3.05) is 19.5 Å². The number of aryl methyl sites for hydroxylation is 1. The third-order valence-electron chi connectivity index (χ3n) is 5.77. The molecule has 0 aliphatic carbocycles. The van der Waals surface area contributed by atoms with E-state index in [2.05, 4.69) is 21.2 Å². The van der Waals surface area contributed by atoms with E-state index in [1.165, 1.54) is 0 Å². The first kappa shape index (κ1) is 21.1. The highest BCUT2D eigenvalue weighted by molar-refractivity contribution is 9.10. The van der Waals surface area contributed by atoms with Crippen molar-refractivity contribution in [3.63, 3.8) is 0 Å². The van der Waals surface area contributed by atoms with Crippen LogP contribution in [0.25, 0.3) is 0 Å². The zero-order valence-corrected chi connectivity index (χ0v) is 19.1. The predicted molar refractivity (Wildman–Crippen MR) is 125 cm³/mol. The lowest BCUT2D eigenvalue weighted by Crippen LogP contribution is -2.44. The molecule has 5 nitrogen and oxygen atoms in total. The van der Waals surface area contributed by atoms with E-state index in [-0.39, 0.29) is 11.8 Å². The number of hydrogen-bond donors (Lipinski definition) is 1. The number of anilines is 1. The van der Waals surface area contributed by atoms with Crippen molar-refractivity contribution in [3.05, 3.63) is 93.5 Å². The molecule has 3 aromatic rings. The third kappa shape index (κ3) is 3.95. The Kier molecular flexibility index (Phi) is 5.83. The Morgan fingerprint density at radius 2 is 1.77 bits per heavy atom. The zero-order valence-electron chi connectivity index (χ0n) is 17.6. The summed E-state index contributed by atoms with van der Waals surface area (Å²) in [5, 5.41) is 3.08. The molecule has 31 heavy (non-hydrogen) atoms. The number of amides is 2. The monoisotopic (exact) mass is 478 g/mol. The van der Waals surface area contributed by atoms with Crippen LogP contribution >= 0.6 is 15.9 Å². The van der Waals surface area contributed by atoms with E-state index in [9.17, 15) is 9.59 Å². The van der Waals surface area contributed by atoms with Gasteiger partial charge >= 0.3 is 0 Å². The number of likely N-dealkylation sites (N-methyl/N-ethyl adjacent to an activating group) is 1. The van der Waals surface area contributed by atoms with Crippen molar-refractivity contribution in [3.8, 4) is 5.75 Å². The first-order valence-electron chi connectivity index (χ1n) is 9.97. The van der Waals surface area contributed by atoms with Crippen molar-refractivity contribution < 1.29 is 14.3 Å². The number of halogens is 1. The molecule has 0 spiro atoms. The van der Waals surface area contributed by atoms with E-state index < -0.39 is 12.0 Å². The largest absolute Gasteiger partial charge is 0.497 e. The summed E-state index contributed by atoms with van der Waals surface area (Å²) in [4.78, 5) is 28.4. The van der Waals surface area contributed by atoms with Gasteiger partial charge in [-0.1, -0.05) is 46.3 Å². The molecule has 158 valence electrons. The van der Waals surface area contributed by atoms with Gasteiger partial charge in [-0.05, 0) is 60.0 Å². The van der Waals surface area contributed by atoms with Gasteiger partial charge in [0.25, 0.3) is 5.91 Å². The summed E-state index contributed by atoms with van der Waals surface area (Å²) < 4.78 is 6.22. The topological polar surface area (TPSA) is 58.6 Å². The van der Waals surface area contributed by atoms with E-state index in [1.807, 2.05) is 67.6 Å². The van der Waals surface area contributed by atoms with E-state index in [1.54, 1.807) is 25.1 Å². The molecule has 0 fully saturated rings. The molecule has 4 rings (SSSR count). The molecule has 2 atom stereocenters. The van der Waals surface area contributed by atoms with E-state index in [4.69, 9.17) is 4.74 Å². The van der Waals surface area contributed by atoms with Gasteiger partial charge in [0.15, 0.2) is 0 Å². The van der Waals surface area contributed by atoms with Gasteiger partial charge in [-0.15, -0.1) is 0 Å². The van der Waals surface area contributed by atoms with E-state index >= 15 is 0 Å². The van der Waals surface area contributed by atoms with Crippen molar-refractivity contribution >= 4 is 33.4 Å². The summed E-state index contributed by atoms with van der Waals surface area (Å²) in [6.07, 6.45) is 0. The fourth-order valence-electron chi connectivity index (χ4n) is 4.15. The van der Waals surface area contributed by atoms with Gasteiger partial charge in [-0.2, -0.15) is 0 Å². The number of ether oxygens (including phenoxy) is 1. The second-order valence-corrected chi connectivity index (χ2v) is 8.56. The molecule has 1 N–H and O–H groups in total. The van der Waals surface area contributed by atoms with Crippen LogP contribution in [0.1, 0.15) is 39.0 Å². The van der Waals surface area contributed by atoms with Crippen molar-refractivity contribution in [2.45, 2.75) is 18.9 Å². The molecule has 1 aliphatic rings. The molecule has 0 saturated heterocycles. The second-order valence-electron chi connectivity index (χ2n) is 7.65. The van der Waals surface area contributed by atoms with Crippen LogP contribution in [0.4, 0.5) is 5.69 Å². The zero-order chi connectivity index (χ0) is 22.1. The minimum Gasteiger partial charge on any atom is -0.497 e. The fraction of sp³-hybridized carbons (Fsp3) is 0.200. The Labute approximate surface area is 190 Å². The molecule has 0 radical (unpaired) electrons. The number of methoxy groups -OCH3 is 1. The molecule has 1 heterocycles. The number of nitrogens with zero attached hydrogens (tertiary/aromatic N) is 1. The Balaban J connectivity index is 1.79. The second kappa shape index (κ2) is 8.55. The number of rotatable bonds is 4. The summed E-state index contributed by atoms with van der Waals surface area (Å²) in [7, 11) is 3.36. The third-order valence-corrected chi connectivity index (χ3v) is 6.26. The van der Waals surface area contributed by atoms with Gasteiger partial charge in [-0.25, -0.2) is 0 Å². The van der Waals surface area contributed by atoms with Gasteiger partial charge in [-0.3, -0.25) is 9.59 Å². The molecule has 1 aliphatic heterocycles. The SMILES string of the molecule is COc1ccc([C@@H]2[C@@H](C(=O)Nc3ccc(Br)cc3C)c3ccccc3C(=O)N2C)cc1. The minimum absolute atomic E-state index is 0.0970. The van der Waals surface area contributed by atoms with Gasteiger partial charge in [0.1, 0.15) is 5.75 Å². The molecule has 3 aromatic carbocycles. The summed E-state index contributed by atoms with van der Waals surface area (Å²) in [6, 6.07) is 20.2. The van der Waals surface area contributed by atoms with Gasteiger partial charge < -0.3 is 15.0 Å². The van der Waals surface area contributed by atoms with Crippen molar-refractivity contribution in [1.82, 2.24) is 4.90 Å². The van der Waals surface area contributed by atoms with Crippen LogP contribution in [0.3, 0.4) is 0 Å². The highest BCUT2D eigenvalue weighted by Crippen LogP contribution is 2.43. The number of nitrogens with one attached hydrogen (secondary N) is 1. The quantitative estimate of drug-likeness (QED) is 0.552. The van der Waals surface area contributed by atoms with Gasteiger partial charge in [0, 0.05) is 22.8 Å². The highest BCUT2D eigenvalue weighted by Gasteiger charge is 2.42. The van der Waals surface area contributed by atoms with Crippen molar-refractivity contribution in [2.24, 2.45) is 0 Å². The van der Waals surface area contributed by atoms with E-state index in [0.717, 1.165) is 32.6 Å². The van der Waals surface area contributed by atoms with Crippen LogP contribution in [0.2, 0.25) is 0 Å². The molecule has 0 bridgehead atoms. The van der Waals surface area contributed by atoms with Crippen LogP contribution < -0.4 is 10.1 Å². The smallest absolute Gasteiger partial charge is 0.254 e. The molecular formula is C25H23BrN2O3. The summed E-state index contributed by atoms with van der Waals surface area (Å²) >= 11 is 3.46. The molecule has 0 aromatic heterocycles. The maximum Gasteiger partial charge on any atom is 0.254 e. The number of fused-ring (bicyclic) bond motifs is 1. The summed E-state index contributed by atoms with van der Waals surface area (Å²) in [5.74, 6) is -0.0888.